The van der Waals surface area contributed by atoms with Crippen LogP contribution in [0.3, 0.4) is 0 Å². The molecule has 2 rings (SSSR count). The van der Waals surface area contributed by atoms with Crippen molar-refractivity contribution in [2.45, 2.75) is 19.4 Å². The second kappa shape index (κ2) is 5.81. The number of hydrogen-bond acceptors (Lipinski definition) is 3. The quantitative estimate of drug-likeness (QED) is 0.901. The van der Waals surface area contributed by atoms with E-state index in [4.69, 9.17) is 4.42 Å². The summed E-state index contributed by atoms with van der Waals surface area (Å²) in [6, 6.07) is 8.81. The minimum atomic E-state index is -1.23. The van der Waals surface area contributed by atoms with E-state index in [2.05, 4.69) is 21.2 Å². The van der Waals surface area contributed by atoms with Crippen LogP contribution >= 0.6 is 15.9 Å². The van der Waals surface area contributed by atoms with Gasteiger partial charge in [0, 0.05) is 10.0 Å². The Morgan fingerprint density at radius 2 is 2.20 bits per heavy atom. The minimum absolute atomic E-state index is 0.0782. The summed E-state index contributed by atoms with van der Waals surface area (Å²) < 4.78 is 6.09. The molecule has 1 aromatic carbocycles. The molecule has 0 aliphatic rings. The van der Waals surface area contributed by atoms with E-state index in [1.54, 1.807) is 25.1 Å². The summed E-state index contributed by atoms with van der Waals surface area (Å²) in [4.78, 5) is 12.1. The predicted molar refractivity (Wildman–Crippen MR) is 79.5 cm³/mol. The monoisotopic (exact) mass is 337 g/mol. The molecule has 0 aliphatic carbocycles. The number of rotatable bonds is 4. The van der Waals surface area contributed by atoms with Crippen LogP contribution in [0.1, 0.15) is 28.6 Å². The first-order valence-corrected chi connectivity index (χ1v) is 7.00. The first kappa shape index (κ1) is 14.8. The minimum Gasteiger partial charge on any atom is -0.466 e. The van der Waals surface area contributed by atoms with Crippen molar-refractivity contribution in [3.05, 3.63) is 58.0 Å². The molecule has 1 amide bonds. The van der Waals surface area contributed by atoms with Gasteiger partial charge in [-0.1, -0.05) is 15.9 Å². The highest BCUT2D eigenvalue weighted by molar-refractivity contribution is 9.10. The maximum Gasteiger partial charge on any atom is 0.251 e. The Hall–Kier alpha value is -1.59. The summed E-state index contributed by atoms with van der Waals surface area (Å²) in [5, 5.41) is 13.0. The first-order valence-electron chi connectivity index (χ1n) is 6.21. The van der Waals surface area contributed by atoms with Gasteiger partial charge in [0.25, 0.3) is 5.91 Å². The van der Waals surface area contributed by atoms with Crippen LogP contribution in [0.4, 0.5) is 0 Å². The second-order valence-corrected chi connectivity index (χ2v) is 5.81. The molecule has 1 atom stereocenters. The maximum absolute atomic E-state index is 12.1. The fourth-order valence-corrected chi connectivity index (χ4v) is 2.38. The number of benzene rings is 1. The maximum atomic E-state index is 12.1. The molecule has 0 fully saturated rings. The van der Waals surface area contributed by atoms with Crippen molar-refractivity contribution in [2.75, 3.05) is 6.54 Å². The third-order valence-electron chi connectivity index (χ3n) is 3.08. The summed E-state index contributed by atoms with van der Waals surface area (Å²) >= 11 is 3.36. The van der Waals surface area contributed by atoms with Gasteiger partial charge in [-0.25, -0.2) is 0 Å². The van der Waals surface area contributed by atoms with Crippen LogP contribution in [0.2, 0.25) is 0 Å². The molecule has 20 heavy (non-hydrogen) atoms. The Labute approximate surface area is 125 Å². The largest absolute Gasteiger partial charge is 0.466 e. The molecule has 5 heteroatoms. The second-order valence-electron chi connectivity index (χ2n) is 4.89. The van der Waals surface area contributed by atoms with Crippen LogP contribution in [-0.4, -0.2) is 17.6 Å². The summed E-state index contributed by atoms with van der Waals surface area (Å²) in [5.41, 5.74) is 0.223. The van der Waals surface area contributed by atoms with Crippen molar-refractivity contribution in [1.82, 2.24) is 5.32 Å². The molecular weight excluding hydrogens is 322 g/mol. The standard InChI is InChI=1S/C15H16BrNO3/c1-10-8-11(16)5-6-12(10)14(18)17-9-15(2,19)13-4-3-7-20-13/h3-8,19H,9H2,1-2H3,(H,17,18). The van der Waals surface area contributed by atoms with Gasteiger partial charge >= 0.3 is 0 Å². The number of aryl methyl sites for hydroxylation is 1. The van der Waals surface area contributed by atoms with E-state index >= 15 is 0 Å². The van der Waals surface area contributed by atoms with Crippen LogP contribution in [0.15, 0.2) is 45.5 Å². The Kier molecular flexibility index (Phi) is 4.30. The molecular formula is C15H16BrNO3. The van der Waals surface area contributed by atoms with E-state index in [1.807, 2.05) is 19.1 Å². The van der Waals surface area contributed by atoms with E-state index in [9.17, 15) is 9.90 Å². The van der Waals surface area contributed by atoms with Crippen LogP contribution in [-0.2, 0) is 5.60 Å². The smallest absolute Gasteiger partial charge is 0.251 e. The number of amides is 1. The Bertz CT molecular complexity index is 606. The van der Waals surface area contributed by atoms with E-state index in [1.165, 1.54) is 6.26 Å². The van der Waals surface area contributed by atoms with Gasteiger partial charge in [0.2, 0.25) is 0 Å². The van der Waals surface area contributed by atoms with Crippen LogP contribution in [0.25, 0.3) is 0 Å². The Morgan fingerprint density at radius 1 is 1.45 bits per heavy atom. The molecule has 2 N–H and O–H groups in total. The topological polar surface area (TPSA) is 62.5 Å². The summed E-state index contributed by atoms with van der Waals surface area (Å²) in [6.07, 6.45) is 1.49. The number of carbonyl (C=O) groups excluding carboxylic acids is 1. The number of carbonyl (C=O) groups is 1. The highest BCUT2D eigenvalue weighted by Crippen LogP contribution is 2.20. The number of furan rings is 1. The van der Waals surface area contributed by atoms with Gasteiger partial charge in [0.05, 0.1) is 12.8 Å². The fourth-order valence-electron chi connectivity index (χ4n) is 1.90. The third kappa shape index (κ3) is 3.29. The van der Waals surface area contributed by atoms with Crippen molar-refractivity contribution in [3.8, 4) is 0 Å². The van der Waals surface area contributed by atoms with Crippen molar-refractivity contribution < 1.29 is 14.3 Å². The van der Waals surface area contributed by atoms with E-state index in [-0.39, 0.29) is 12.5 Å². The Balaban J connectivity index is 2.05. The van der Waals surface area contributed by atoms with Gasteiger partial charge in [-0.15, -0.1) is 0 Å². The van der Waals surface area contributed by atoms with E-state index < -0.39 is 5.60 Å². The van der Waals surface area contributed by atoms with Gasteiger partial charge in [-0.05, 0) is 49.7 Å². The third-order valence-corrected chi connectivity index (χ3v) is 3.57. The lowest BCUT2D eigenvalue weighted by molar-refractivity contribution is 0.0330. The SMILES string of the molecule is Cc1cc(Br)ccc1C(=O)NCC(C)(O)c1ccco1. The Morgan fingerprint density at radius 3 is 2.80 bits per heavy atom. The molecule has 106 valence electrons. The zero-order valence-corrected chi connectivity index (χ0v) is 12.9. The zero-order chi connectivity index (χ0) is 14.8. The summed E-state index contributed by atoms with van der Waals surface area (Å²) in [5.74, 6) is 0.201. The summed E-state index contributed by atoms with van der Waals surface area (Å²) in [7, 11) is 0. The molecule has 0 radical (unpaired) electrons. The van der Waals surface area contributed by atoms with Crippen LogP contribution in [0, 0.1) is 6.92 Å². The molecule has 0 bridgehead atoms. The van der Waals surface area contributed by atoms with Gasteiger partial charge in [-0.2, -0.15) is 0 Å². The normalized spacial score (nSPS) is 13.8. The molecule has 0 spiro atoms. The lowest BCUT2D eigenvalue weighted by Crippen LogP contribution is -2.38. The predicted octanol–water partition coefficient (Wildman–Crippen LogP) is 2.99. The van der Waals surface area contributed by atoms with Crippen molar-refractivity contribution in [2.24, 2.45) is 0 Å². The molecule has 0 saturated heterocycles. The highest BCUT2D eigenvalue weighted by Gasteiger charge is 2.27. The highest BCUT2D eigenvalue weighted by atomic mass is 79.9. The van der Waals surface area contributed by atoms with Gasteiger partial charge in [0.1, 0.15) is 11.4 Å². The average Bonchev–Trinajstić information content (AvgIpc) is 2.90. The lowest BCUT2D eigenvalue weighted by Gasteiger charge is -2.21. The molecule has 0 aliphatic heterocycles. The molecule has 1 heterocycles. The van der Waals surface area contributed by atoms with E-state index in [0.717, 1.165) is 10.0 Å². The van der Waals surface area contributed by atoms with Gasteiger partial charge in [0.15, 0.2) is 0 Å². The molecule has 0 saturated carbocycles. The van der Waals surface area contributed by atoms with Crippen molar-refractivity contribution in [1.29, 1.82) is 0 Å². The first-order chi connectivity index (χ1) is 9.40. The molecule has 1 unspecified atom stereocenters. The van der Waals surface area contributed by atoms with Crippen LogP contribution < -0.4 is 5.32 Å². The van der Waals surface area contributed by atoms with Crippen molar-refractivity contribution >= 4 is 21.8 Å². The van der Waals surface area contributed by atoms with Crippen molar-refractivity contribution in [3.63, 3.8) is 0 Å². The molecule has 4 nitrogen and oxygen atoms in total. The van der Waals surface area contributed by atoms with Gasteiger partial charge < -0.3 is 14.8 Å². The van der Waals surface area contributed by atoms with Gasteiger partial charge in [-0.3, -0.25) is 4.79 Å². The number of aliphatic hydroxyl groups is 1. The molecule has 1 aromatic heterocycles. The average molecular weight is 338 g/mol. The zero-order valence-electron chi connectivity index (χ0n) is 11.3. The lowest BCUT2D eigenvalue weighted by atomic mass is 10.0. The number of halogens is 1. The fraction of sp³-hybridized carbons (Fsp3) is 0.267. The molecule has 2 aromatic rings. The van der Waals surface area contributed by atoms with E-state index in [0.29, 0.717) is 11.3 Å². The summed E-state index contributed by atoms with van der Waals surface area (Å²) in [6.45, 7) is 3.54. The van der Waals surface area contributed by atoms with Crippen LogP contribution in [0.5, 0.6) is 0 Å². The number of nitrogens with one attached hydrogen (secondary N) is 1. The number of hydrogen-bond donors (Lipinski definition) is 2.